The van der Waals surface area contributed by atoms with Gasteiger partial charge in [0.2, 0.25) is 0 Å². The van der Waals surface area contributed by atoms with Gasteiger partial charge in [0.05, 0.1) is 18.9 Å². The summed E-state index contributed by atoms with van der Waals surface area (Å²) in [5.74, 6) is 0.997. The van der Waals surface area contributed by atoms with Gasteiger partial charge in [0.15, 0.2) is 5.96 Å². The van der Waals surface area contributed by atoms with E-state index >= 15 is 0 Å². The van der Waals surface area contributed by atoms with Gasteiger partial charge >= 0.3 is 0 Å². The van der Waals surface area contributed by atoms with Crippen molar-refractivity contribution in [1.82, 2.24) is 25.2 Å². The van der Waals surface area contributed by atoms with Crippen LogP contribution in [0.25, 0.3) is 0 Å². The van der Waals surface area contributed by atoms with E-state index in [1.165, 1.54) is 0 Å². The van der Waals surface area contributed by atoms with Gasteiger partial charge in [-0.3, -0.25) is 14.8 Å². The summed E-state index contributed by atoms with van der Waals surface area (Å²) in [5.41, 5.74) is 1.10. The van der Waals surface area contributed by atoms with Crippen molar-refractivity contribution in [3.8, 4) is 0 Å². The second-order valence-electron chi connectivity index (χ2n) is 7.58. The maximum Gasteiger partial charge on any atom is 0.193 e. The van der Waals surface area contributed by atoms with E-state index in [4.69, 9.17) is 9.26 Å². The molecule has 0 aromatic carbocycles. The lowest BCUT2D eigenvalue weighted by Gasteiger charge is -2.42. The van der Waals surface area contributed by atoms with Crippen LogP contribution in [-0.2, 0) is 11.3 Å². The van der Waals surface area contributed by atoms with Crippen molar-refractivity contribution in [2.24, 2.45) is 4.99 Å². The molecule has 1 aromatic heterocycles. The zero-order chi connectivity index (χ0) is 18.4. The van der Waals surface area contributed by atoms with Crippen molar-refractivity contribution < 1.29 is 9.26 Å². The summed E-state index contributed by atoms with van der Waals surface area (Å²) in [4.78, 5) is 11.7. The fraction of sp³-hybridized carbons (Fsp3) is 0.778. The second kappa shape index (κ2) is 8.83. The average Bonchev–Trinajstić information content (AvgIpc) is 3.14. The maximum absolute atomic E-state index is 5.60. The van der Waals surface area contributed by atoms with Crippen molar-refractivity contribution >= 4 is 5.96 Å². The second-order valence-corrected chi connectivity index (χ2v) is 7.58. The highest BCUT2D eigenvalue weighted by Gasteiger charge is 2.30. The summed E-state index contributed by atoms with van der Waals surface area (Å²) in [7, 11) is 1.86. The van der Waals surface area contributed by atoms with Crippen LogP contribution >= 0.6 is 0 Å². The summed E-state index contributed by atoms with van der Waals surface area (Å²) in [6.45, 7) is 13.8. The van der Waals surface area contributed by atoms with Gasteiger partial charge in [0.1, 0.15) is 6.26 Å². The summed E-state index contributed by atoms with van der Waals surface area (Å²) >= 11 is 0. The molecule has 146 valence electrons. The molecule has 0 spiro atoms. The number of rotatable bonds is 5. The van der Waals surface area contributed by atoms with Crippen LogP contribution in [0.1, 0.15) is 19.5 Å². The third-order valence-electron chi connectivity index (χ3n) is 5.24. The molecule has 1 aromatic rings. The van der Waals surface area contributed by atoms with Gasteiger partial charge in [0.25, 0.3) is 0 Å². The van der Waals surface area contributed by atoms with Crippen molar-refractivity contribution in [2.45, 2.75) is 25.9 Å². The third-order valence-corrected chi connectivity index (χ3v) is 5.24. The highest BCUT2D eigenvalue weighted by molar-refractivity contribution is 5.80. The van der Waals surface area contributed by atoms with Crippen LogP contribution in [0.4, 0.5) is 0 Å². The van der Waals surface area contributed by atoms with Crippen molar-refractivity contribution in [2.75, 3.05) is 66.1 Å². The molecule has 0 saturated carbocycles. The van der Waals surface area contributed by atoms with Crippen LogP contribution in [0.5, 0.6) is 0 Å². The number of nitrogens with one attached hydrogen (secondary N) is 1. The van der Waals surface area contributed by atoms with E-state index in [0.29, 0.717) is 0 Å². The molecule has 3 heterocycles. The first-order valence-electron chi connectivity index (χ1n) is 9.48. The number of aliphatic imine (C=N–C) groups is 1. The number of hydrogen-bond acceptors (Lipinski definition) is 6. The molecule has 0 unspecified atom stereocenters. The summed E-state index contributed by atoms with van der Waals surface area (Å²) in [6, 6.07) is 1.93. The quantitative estimate of drug-likeness (QED) is 0.602. The highest BCUT2D eigenvalue weighted by atomic mass is 16.5. The molecule has 1 N–H and O–H groups in total. The Labute approximate surface area is 156 Å². The first-order valence-corrected chi connectivity index (χ1v) is 9.48. The Morgan fingerprint density at radius 3 is 2.73 bits per heavy atom. The Morgan fingerprint density at radius 2 is 2.08 bits per heavy atom. The standard InChI is InChI=1S/C18H32N6O2/c1-18(2)15-25-13-11-24(18)6-5-20-17(19-3)23-9-7-22(8-10-23)14-16-4-12-26-21-16/h4,12H,5-11,13-15H2,1-3H3,(H,19,20). The van der Waals surface area contributed by atoms with Gasteiger partial charge in [-0.1, -0.05) is 5.16 Å². The number of morpholine rings is 1. The predicted molar refractivity (Wildman–Crippen MR) is 101 cm³/mol. The van der Waals surface area contributed by atoms with E-state index in [1.54, 1.807) is 6.26 Å². The molecule has 26 heavy (non-hydrogen) atoms. The number of hydrogen-bond donors (Lipinski definition) is 1. The Balaban J connectivity index is 1.40. The van der Waals surface area contributed by atoms with Gasteiger partial charge in [-0.15, -0.1) is 0 Å². The van der Waals surface area contributed by atoms with E-state index in [0.717, 1.165) is 77.2 Å². The Hall–Kier alpha value is -1.64. The van der Waals surface area contributed by atoms with E-state index in [-0.39, 0.29) is 5.54 Å². The molecule has 0 amide bonds. The lowest BCUT2D eigenvalue weighted by Crippen LogP contribution is -2.56. The monoisotopic (exact) mass is 364 g/mol. The largest absolute Gasteiger partial charge is 0.378 e. The third kappa shape index (κ3) is 4.96. The summed E-state index contributed by atoms with van der Waals surface area (Å²) < 4.78 is 10.5. The van der Waals surface area contributed by atoms with Gasteiger partial charge in [-0.2, -0.15) is 0 Å². The molecular weight excluding hydrogens is 332 g/mol. The summed E-state index contributed by atoms with van der Waals surface area (Å²) in [6.07, 6.45) is 1.63. The zero-order valence-corrected chi connectivity index (χ0v) is 16.3. The number of guanidine groups is 1. The van der Waals surface area contributed by atoms with Crippen LogP contribution in [0, 0.1) is 0 Å². The number of aromatic nitrogens is 1. The predicted octanol–water partition coefficient (Wildman–Crippen LogP) is 0.478. The normalized spacial score (nSPS) is 22.6. The summed E-state index contributed by atoms with van der Waals surface area (Å²) in [5, 5.41) is 7.53. The maximum atomic E-state index is 5.60. The van der Waals surface area contributed by atoms with Crippen molar-refractivity contribution in [3.05, 3.63) is 18.0 Å². The highest BCUT2D eigenvalue weighted by Crippen LogP contribution is 2.17. The topological polar surface area (TPSA) is 69.4 Å². The van der Waals surface area contributed by atoms with Crippen LogP contribution < -0.4 is 5.32 Å². The molecule has 2 aliphatic heterocycles. The Kier molecular flexibility index (Phi) is 6.50. The molecule has 0 aliphatic carbocycles. The molecule has 3 rings (SSSR count). The van der Waals surface area contributed by atoms with E-state index in [1.807, 2.05) is 13.1 Å². The Bertz CT molecular complexity index is 566. The molecule has 0 radical (unpaired) electrons. The van der Waals surface area contributed by atoms with Crippen LogP contribution in [0.3, 0.4) is 0 Å². The minimum absolute atomic E-state index is 0.107. The minimum atomic E-state index is 0.107. The smallest absolute Gasteiger partial charge is 0.193 e. The van der Waals surface area contributed by atoms with Crippen molar-refractivity contribution in [3.63, 3.8) is 0 Å². The molecule has 0 bridgehead atoms. The van der Waals surface area contributed by atoms with Crippen LogP contribution in [0.15, 0.2) is 21.8 Å². The van der Waals surface area contributed by atoms with Gasteiger partial charge in [-0.05, 0) is 13.8 Å². The van der Waals surface area contributed by atoms with Gasteiger partial charge in [-0.25, -0.2) is 0 Å². The molecule has 2 saturated heterocycles. The first-order chi connectivity index (χ1) is 12.6. The molecular formula is C18H32N6O2. The van der Waals surface area contributed by atoms with Crippen LogP contribution in [0.2, 0.25) is 0 Å². The molecule has 8 nitrogen and oxygen atoms in total. The van der Waals surface area contributed by atoms with E-state index in [9.17, 15) is 0 Å². The fourth-order valence-corrected chi connectivity index (χ4v) is 3.61. The minimum Gasteiger partial charge on any atom is -0.378 e. The van der Waals surface area contributed by atoms with Gasteiger partial charge < -0.3 is 19.5 Å². The number of ether oxygens (including phenoxy) is 1. The lowest BCUT2D eigenvalue weighted by molar-refractivity contribution is -0.0496. The fourth-order valence-electron chi connectivity index (χ4n) is 3.61. The van der Waals surface area contributed by atoms with E-state index < -0.39 is 0 Å². The lowest BCUT2D eigenvalue weighted by atomic mass is 10.0. The van der Waals surface area contributed by atoms with Crippen LogP contribution in [-0.4, -0.2) is 97.4 Å². The molecule has 0 atom stereocenters. The first kappa shape index (κ1) is 19.1. The average molecular weight is 364 g/mol. The number of piperazine rings is 1. The zero-order valence-electron chi connectivity index (χ0n) is 16.3. The Morgan fingerprint density at radius 1 is 1.27 bits per heavy atom. The molecule has 2 aliphatic rings. The SMILES string of the molecule is CN=C(NCCN1CCOCC1(C)C)N1CCN(Cc2ccon2)CC1. The molecule has 8 heteroatoms. The van der Waals surface area contributed by atoms with Crippen molar-refractivity contribution in [1.29, 1.82) is 0 Å². The number of nitrogens with zero attached hydrogens (tertiary/aromatic N) is 5. The molecule has 2 fully saturated rings. The van der Waals surface area contributed by atoms with E-state index in [2.05, 4.69) is 44.0 Å². The van der Waals surface area contributed by atoms with Gasteiger partial charge in [0, 0.05) is 71.0 Å².